The number of anilines is 1. The van der Waals surface area contributed by atoms with Crippen molar-refractivity contribution in [1.29, 1.82) is 0 Å². The summed E-state index contributed by atoms with van der Waals surface area (Å²) in [6, 6.07) is 26.4. The number of imide groups is 1. The molecule has 0 aromatic heterocycles. The fraction of sp³-hybridized carbons (Fsp3) is 0.0606. The van der Waals surface area contributed by atoms with Crippen LogP contribution in [0.25, 0.3) is 10.8 Å². The molecule has 0 saturated heterocycles. The van der Waals surface area contributed by atoms with Crippen molar-refractivity contribution in [2.75, 3.05) is 18.0 Å². The molecule has 0 atom stereocenters. The van der Waals surface area contributed by atoms with Crippen LogP contribution in [0.15, 0.2) is 108 Å². The van der Waals surface area contributed by atoms with E-state index in [1.165, 1.54) is 4.90 Å². The van der Waals surface area contributed by atoms with E-state index in [-0.39, 0.29) is 18.7 Å². The second kappa shape index (κ2) is 12.2. The van der Waals surface area contributed by atoms with E-state index in [9.17, 15) is 34.6 Å². The van der Waals surface area contributed by atoms with Crippen LogP contribution in [0, 0.1) is 20.2 Å². The number of hydrogen-bond donors (Lipinski definition) is 0. The van der Waals surface area contributed by atoms with E-state index in [0.717, 1.165) is 27.6 Å². The van der Waals surface area contributed by atoms with Crippen molar-refractivity contribution in [3.8, 4) is 11.5 Å². The second-order valence-electron chi connectivity index (χ2n) is 10.2. The molecule has 46 heavy (non-hydrogen) atoms. The van der Waals surface area contributed by atoms with Gasteiger partial charge in [-0.25, -0.2) is 0 Å². The minimum atomic E-state index is -0.828. The highest BCUT2D eigenvalue weighted by Crippen LogP contribution is 2.35. The molecule has 1 aliphatic heterocycles. The summed E-state index contributed by atoms with van der Waals surface area (Å²) in [5.41, 5.74) is -0.654. The number of para-hydroxylation sites is 1. The van der Waals surface area contributed by atoms with Gasteiger partial charge in [0.05, 0.1) is 21.5 Å². The van der Waals surface area contributed by atoms with Crippen molar-refractivity contribution in [3.05, 3.63) is 145 Å². The van der Waals surface area contributed by atoms with Crippen molar-refractivity contribution >= 4 is 61.5 Å². The summed E-state index contributed by atoms with van der Waals surface area (Å²) in [4.78, 5) is 64.8. The largest absolute Gasteiger partial charge is 0.457 e. The quantitative estimate of drug-likeness (QED) is 0.0903. The smallest absolute Gasteiger partial charge is 0.277 e. The summed E-state index contributed by atoms with van der Waals surface area (Å²) >= 11 is 3.47. The molecular weight excluding hydrogens is 660 g/mol. The molecule has 0 N–H and O–H groups in total. The number of ether oxygens (including phenoxy) is 1. The van der Waals surface area contributed by atoms with Crippen molar-refractivity contribution < 1.29 is 29.0 Å². The Balaban J connectivity index is 1.35. The standard InChI is InChI=1S/C33H21BrN4O8/c34-29-14-13-28-30-26(29)7-4-8-27(30)32(40)36(33(28)41)16-15-35(21-9-11-25(12-10-21)46-24-5-2-1-3-6-24)31(39)20-17-22(37(42)43)19-23(18-20)38(44)45/h1-14,17-19H,15-16H2. The molecule has 228 valence electrons. The number of nitrogens with zero attached hydrogens (tertiary/aromatic N) is 4. The van der Waals surface area contributed by atoms with Gasteiger partial charge in [0, 0.05) is 51.9 Å². The molecular formula is C33H21BrN4O8. The van der Waals surface area contributed by atoms with Crippen LogP contribution in [0.4, 0.5) is 17.1 Å². The number of benzene rings is 5. The minimum absolute atomic E-state index is 0.229. The lowest BCUT2D eigenvalue weighted by atomic mass is 9.94. The Morgan fingerprint density at radius 2 is 1.37 bits per heavy atom. The van der Waals surface area contributed by atoms with E-state index in [4.69, 9.17) is 4.74 Å². The topological polar surface area (TPSA) is 153 Å². The molecule has 5 aromatic rings. The van der Waals surface area contributed by atoms with Gasteiger partial charge in [0.25, 0.3) is 29.1 Å². The Kier molecular flexibility index (Phi) is 7.99. The summed E-state index contributed by atoms with van der Waals surface area (Å²) < 4.78 is 6.57. The molecule has 6 rings (SSSR count). The highest BCUT2D eigenvalue weighted by atomic mass is 79.9. The zero-order chi connectivity index (χ0) is 32.5. The summed E-state index contributed by atoms with van der Waals surface area (Å²) in [5, 5.41) is 24.3. The zero-order valence-corrected chi connectivity index (χ0v) is 25.2. The van der Waals surface area contributed by atoms with E-state index >= 15 is 0 Å². The number of non-ortho nitro benzene ring substituents is 2. The fourth-order valence-electron chi connectivity index (χ4n) is 5.27. The Morgan fingerprint density at radius 3 is 2.00 bits per heavy atom. The third-order valence-electron chi connectivity index (χ3n) is 7.43. The van der Waals surface area contributed by atoms with Crippen LogP contribution in [-0.2, 0) is 0 Å². The first-order valence-corrected chi connectivity index (χ1v) is 14.6. The average molecular weight is 681 g/mol. The number of amides is 3. The summed E-state index contributed by atoms with van der Waals surface area (Å²) in [5.74, 6) is -0.883. The van der Waals surface area contributed by atoms with Gasteiger partial charge in [-0.15, -0.1) is 0 Å². The molecule has 0 spiro atoms. The predicted molar refractivity (Wildman–Crippen MR) is 171 cm³/mol. The number of nitro groups is 2. The number of halogens is 1. The maximum absolute atomic E-state index is 14.0. The molecule has 0 aliphatic carbocycles. The maximum Gasteiger partial charge on any atom is 0.277 e. The highest BCUT2D eigenvalue weighted by molar-refractivity contribution is 9.10. The van der Waals surface area contributed by atoms with Crippen molar-refractivity contribution in [1.82, 2.24) is 4.90 Å². The summed E-state index contributed by atoms with van der Waals surface area (Å²) in [6.45, 7) is -0.470. The summed E-state index contributed by atoms with van der Waals surface area (Å²) in [6.07, 6.45) is 0. The third kappa shape index (κ3) is 5.66. The first-order chi connectivity index (χ1) is 22.1. The number of rotatable bonds is 9. The molecule has 0 bridgehead atoms. The molecule has 0 radical (unpaired) electrons. The molecule has 3 amide bonds. The Morgan fingerprint density at radius 1 is 0.761 bits per heavy atom. The van der Waals surface area contributed by atoms with E-state index in [1.807, 2.05) is 18.2 Å². The van der Waals surface area contributed by atoms with Gasteiger partial charge >= 0.3 is 0 Å². The monoisotopic (exact) mass is 680 g/mol. The summed E-state index contributed by atoms with van der Waals surface area (Å²) in [7, 11) is 0. The second-order valence-corrected chi connectivity index (χ2v) is 11.1. The van der Waals surface area contributed by atoms with Gasteiger partial charge in [-0.3, -0.25) is 39.5 Å². The Bertz CT molecular complexity index is 2010. The van der Waals surface area contributed by atoms with E-state index < -0.39 is 38.9 Å². The molecule has 0 unspecified atom stereocenters. The Hall–Kier alpha value is -5.95. The van der Waals surface area contributed by atoms with E-state index in [0.29, 0.717) is 39.1 Å². The fourth-order valence-corrected chi connectivity index (χ4v) is 5.73. The lowest BCUT2D eigenvalue weighted by molar-refractivity contribution is -0.394. The molecule has 0 saturated carbocycles. The molecule has 1 aliphatic rings. The number of hydrogen-bond acceptors (Lipinski definition) is 8. The molecule has 1 heterocycles. The van der Waals surface area contributed by atoms with Crippen LogP contribution in [0.1, 0.15) is 31.1 Å². The Labute approximate surface area is 268 Å². The lowest BCUT2D eigenvalue weighted by Crippen LogP contribution is -2.46. The first-order valence-electron chi connectivity index (χ1n) is 13.8. The van der Waals surface area contributed by atoms with Gasteiger partial charge in [0.15, 0.2) is 0 Å². The normalized spacial score (nSPS) is 12.2. The van der Waals surface area contributed by atoms with Crippen LogP contribution < -0.4 is 9.64 Å². The third-order valence-corrected chi connectivity index (χ3v) is 8.12. The van der Waals surface area contributed by atoms with Crippen molar-refractivity contribution in [2.45, 2.75) is 0 Å². The molecule has 0 fully saturated rings. The van der Waals surface area contributed by atoms with Crippen LogP contribution in [-0.4, -0.2) is 45.6 Å². The van der Waals surface area contributed by atoms with Crippen molar-refractivity contribution in [2.24, 2.45) is 0 Å². The van der Waals surface area contributed by atoms with Gasteiger partial charge < -0.3 is 9.64 Å². The van der Waals surface area contributed by atoms with Gasteiger partial charge in [-0.2, -0.15) is 0 Å². The predicted octanol–water partition coefficient (Wildman–Crippen LogP) is 7.15. The highest BCUT2D eigenvalue weighted by Gasteiger charge is 2.34. The van der Waals surface area contributed by atoms with Gasteiger partial charge in [0.2, 0.25) is 0 Å². The first kappa shape index (κ1) is 30.1. The van der Waals surface area contributed by atoms with Crippen LogP contribution in [0.5, 0.6) is 11.5 Å². The molecule has 5 aromatic carbocycles. The number of carbonyl (C=O) groups excluding carboxylic acids is 3. The molecule has 12 nitrogen and oxygen atoms in total. The number of nitro benzene ring substituents is 2. The number of carbonyl (C=O) groups is 3. The van der Waals surface area contributed by atoms with Gasteiger partial charge in [-0.1, -0.05) is 46.3 Å². The lowest BCUT2D eigenvalue weighted by Gasteiger charge is -2.30. The molecule has 13 heteroatoms. The van der Waals surface area contributed by atoms with Gasteiger partial charge in [-0.05, 0) is 60.0 Å². The van der Waals surface area contributed by atoms with E-state index in [1.54, 1.807) is 66.7 Å². The average Bonchev–Trinajstić information content (AvgIpc) is 3.06. The van der Waals surface area contributed by atoms with Crippen molar-refractivity contribution in [3.63, 3.8) is 0 Å². The van der Waals surface area contributed by atoms with Crippen LogP contribution >= 0.6 is 15.9 Å². The SMILES string of the molecule is O=C1c2cccc3c(Br)ccc(c23)C(=O)N1CCN(C(=O)c1cc([N+](=O)[O-])cc([N+](=O)[O-])c1)c1ccc(Oc2ccccc2)cc1. The van der Waals surface area contributed by atoms with E-state index in [2.05, 4.69) is 15.9 Å². The van der Waals surface area contributed by atoms with Crippen LogP contribution in [0.3, 0.4) is 0 Å². The van der Waals surface area contributed by atoms with Gasteiger partial charge in [0.1, 0.15) is 11.5 Å². The minimum Gasteiger partial charge on any atom is -0.457 e. The zero-order valence-electron chi connectivity index (χ0n) is 23.7. The van der Waals surface area contributed by atoms with Crippen LogP contribution in [0.2, 0.25) is 0 Å². The maximum atomic E-state index is 14.0.